The number of rotatable bonds is 6. The molecule has 28 heavy (non-hydrogen) atoms. The van der Waals surface area contributed by atoms with Crippen LogP contribution in [0.25, 0.3) is 0 Å². The van der Waals surface area contributed by atoms with Gasteiger partial charge in [-0.25, -0.2) is 0 Å². The van der Waals surface area contributed by atoms with E-state index in [9.17, 15) is 15.2 Å². The highest BCUT2D eigenvalue weighted by molar-refractivity contribution is 7.99. The van der Waals surface area contributed by atoms with Crippen LogP contribution >= 0.6 is 11.8 Å². The van der Waals surface area contributed by atoms with Gasteiger partial charge in [-0.3, -0.25) is 4.79 Å². The van der Waals surface area contributed by atoms with E-state index in [4.69, 9.17) is 0 Å². The summed E-state index contributed by atoms with van der Waals surface area (Å²) in [4.78, 5) is 14.4. The van der Waals surface area contributed by atoms with Crippen LogP contribution in [-0.4, -0.2) is 11.0 Å². The highest BCUT2D eigenvalue weighted by Gasteiger charge is 2.10. The fraction of sp³-hybridized carbons (Fsp3) is 0. The van der Waals surface area contributed by atoms with E-state index < -0.39 is 5.91 Å². The van der Waals surface area contributed by atoms with E-state index in [2.05, 4.69) is 10.6 Å². The predicted octanol–water partition coefficient (Wildman–Crippen LogP) is 5.00. The van der Waals surface area contributed by atoms with Crippen molar-refractivity contribution in [2.45, 2.75) is 9.79 Å². The molecule has 6 heteroatoms. The van der Waals surface area contributed by atoms with Crippen LogP contribution in [-0.2, 0) is 4.79 Å². The summed E-state index contributed by atoms with van der Waals surface area (Å²) >= 11 is 1.58. The number of para-hydroxylation sites is 1. The van der Waals surface area contributed by atoms with Gasteiger partial charge in [-0.2, -0.15) is 5.26 Å². The largest absolute Gasteiger partial charge is 0.508 e. The summed E-state index contributed by atoms with van der Waals surface area (Å²) in [6.45, 7) is 0. The van der Waals surface area contributed by atoms with Gasteiger partial charge in [0.25, 0.3) is 5.91 Å². The Bertz CT molecular complexity index is 1040. The summed E-state index contributed by atoms with van der Waals surface area (Å²) < 4.78 is 0. The minimum atomic E-state index is -0.561. The predicted molar refractivity (Wildman–Crippen MR) is 111 cm³/mol. The van der Waals surface area contributed by atoms with E-state index in [0.29, 0.717) is 5.69 Å². The Kier molecular flexibility index (Phi) is 6.34. The second-order valence-corrected chi connectivity index (χ2v) is 6.85. The molecular weight excluding hydrogens is 370 g/mol. The van der Waals surface area contributed by atoms with Crippen LogP contribution in [0.3, 0.4) is 0 Å². The molecule has 0 fully saturated rings. The molecule has 0 aliphatic heterocycles. The molecule has 3 rings (SSSR count). The van der Waals surface area contributed by atoms with Gasteiger partial charge in [0, 0.05) is 27.7 Å². The van der Waals surface area contributed by atoms with Crippen molar-refractivity contribution in [1.29, 1.82) is 5.26 Å². The third kappa shape index (κ3) is 5.16. The lowest BCUT2D eigenvalue weighted by molar-refractivity contribution is -0.112. The maximum Gasteiger partial charge on any atom is 0.267 e. The zero-order valence-electron chi connectivity index (χ0n) is 14.8. The van der Waals surface area contributed by atoms with Crippen LogP contribution < -0.4 is 10.6 Å². The number of phenolic OH excluding ortho intramolecular Hbond substituents is 1. The second kappa shape index (κ2) is 9.31. The molecule has 0 radical (unpaired) electrons. The Morgan fingerprint density at radius 3 is 2.50 bits per heavy atom. The second-order valence-electron chi connectivity index (χ2n) is 5.73. The van der Waals surface area contributed by atoms with Crippen LogP contribution in [0.2, 0.25) is 0 Å². The van der Waals surface area contributed by atoms with E-state index in [1.54, 1.807) is 23.9 Å². The van der Waals surface area contributed by atoms with Crippen molar-refractivity contribution in [3.05, 3.63) is 90.6 Å². The molecule has 0 saturated heterocycles. The summed E-state index contributed by atoms with van der Waals surface area (Å²) in [6, 6.07) is 25.6. The van der Waals surface area contributed by atoms with E-state index in [1.165, 1.54) is 18.3 Å². The number of carbonyl (C=O) groups is 1. The Morgan fingerprint density at radius 2 is 1.75 bits per heavy atom. The molecule has 3 N–H and O–H groups in total. The van der Waals surface area contributed by atoms with Crippen LogP contribution in [0.4, 0.5) is 11.4 Å². The number of nitriles is 1. The molecule has 0 aliphatic carbocycles. The Labute approximate surface area is 167 Å². The Morgan fingerprint density at radius 1 is 1.00 bits per heavy atom. The first-order chi connectivity index (χ1) is 13.7. The summed E-state index contributed by atoms with van der Waals surface area (Å²) in [5.74, 6) is -0.529. The number of phenols is 1. The quantitative estimate of drug-likeness (QED) is 0.409. The number of hydrogen-bond donors (Lipinski definition) is 3. The van der Waals surface area contributed by atoms with Gasteiger partial charge in [-0.1, -0.05) is 48.2 Å². The summed E-state index contributed by atoms with van der Waals surface area (Å²) in [5, 5.41) is 24.5. The Hall–Kier alpha value is -3.69. The van der Waals surface area contributed by atoms with Crippen LogP contribution in [0.5, 0.6) is 5.75 Å². The minimum absolute atomic E-state index is 0.0327. The molecule has 0 spiro atoms. The van der Waals surface area contributed by atoms with Crippen molar-refractivity contribution in [3.8, 4) is 11.8 Å². The number of amides is 1. The molecule has 0 aromatic heterocycles. The fourth-order valence-corrected chi connectivity index (χ4v) is 3.30. The molecule has 5 nitrogen and oxygen atoms in total. The number of anilines is 2. The van der Waals surface area contributed by atoms with E-state index in [0.717, 1.165) is 15.5 Å². The normalized spacial score (nSPS) is 10.8. The summed E-state index contributed by atoms with van der Waals surface area (Å²) in [5.41, 5.74) is 1.11. The number of benzene rings is 3. The zero-order chi connectivity index (χ0) is 19.8. The molecule has 0 atom stereocenters. The number of carbonyl (C=O) groups excluding carboxylic acids is 1. The molecular formula is C22H17N3O2S. The molecule has 0 unspecified atom stereocenters. The lowest BCUT2D eigenvalue weighted by Gasteiger charge is -2.10. The van der Waals surface area contributed by atoms with Crippen molar-refractivity contribution < 1.29 is 9.90 Å². The van der Waals surface area contributed by atoms with Gasteiger partial charge in [-0.05, 0) is 36.4 Å². The van der Waals surface area contributed by atoms with Gasteiger partial charge >= 0.3 is 0 Å². The van der Waals surface area contributed by atoms with Crippen LogP contribution in [0.15, 0.2) is 100 Å². The standard InChI is InChI=1S/C22H17N3O2S/c23-14-16(22(27)25-17-7-6-8-18(26)13-17)15-24-20-11-4-5-12-21(20)28-19-9-2-1-3-10-19/h1-13,15,24,26H,(H,25,27)/b16-15-. The SMILES string of the molecule is N#C/C(=C/Nc1ccccc1Sc1ccccc1)C(=O)Nc1cccc(O)c1. The van der Waals surface area contributed by atoms with E-state index in [-0.39, 0.29) is 11.3 Å². The van der Waals surface area contributed by atoms with Gasteiger partial charge in [0.2, 0.25) is 0 Å². The highest BCUT2D eigenvalue weighted by Crippen LogP contribution is 2.33. The zero-order valence-corrected chi connectivity index (χ0v) is 15.6. The van der Waals surface area contributed by atoms with Crippen molar-refractivity contribution in [2.24, 2.45) is 0 Å². The monoisotopic (exact) mass is 387 g/mol. The van der Waals surface area contributed by atoms with Crippen LogP contribution in [0, 0.1) is 11.3 Å². The lowest BCUT2D eigenvalue weighted by Crippen LogP contribution is -2.14. The van der Waals surface area contributed by atoms with Gasteiger partial charge in [0.05, 0.1) is 5.69 Å². The molecule has 1 amide bonds. The summed E-state index contributed by atoms with van der Waals surface area (Å²) in [6.07, 6.45) is 1.38. The van der Waals surface area contributed by atoms with Gasteiger partial charge in [-0.15, -0.1) is 0 Å². The maximum atomic E-state index is 12.3. The van der Waals surface area contributed by atoms with Crippen molar-refractivity contribution in [3.63, 3.8) is 0 Å². The van der Waals surface area contributed by atoms with E-state index >= 15 is 0 Å². The molecule has 3 aromatic carbocycles. The van der Waals surface area contributed by atoms with Gasteiger partial charge < -0.3 is 15.7 Å². The van der Waals surface area contributed by atoms with Crippen molar-refractivity contribution in [2.75, 3.05) is 10.6 Å². The summed E-state index contributed by atoms with van der Waals surface area (Å²) in [7, 11) is 0. The Balaban J connectivity index is 1.74. The molecule has 138 valence electrons. The number of hydrogen-bond acceptors (Lipinski definition) is 5. The van der Waals surface area contributed by atoms with Crippen molar-refractivity contribution >= 4 is 29.0 Å². The third-order valence-electron chi connectivity index (χ3n) is 3.70. The average molecular weight is 387 g/mol. The van der Waals surface area contributed by atoms with Gasteiger partial charge in [0.15, 0.2) is 0 Å². The molecule has 0 heterocycles. The first-order valence-corrected chi connectivity index (χ1v) is 9.26. The minimum Gasteiger partial charge on any atom is -0.508 e. The third-order valence-corrected chi connectivity index (χ3v) is 4.78. The lowest BCUT2D eigenvalue weighted by atomic mass is 10.2. The molecule has 0 aliphatic rings. The van der Waals surface area contributed by atoms with Crippen molar-refractivity contribution in [1.82, 2.24) is 0 Å². The fourth-order valence-electron chi connectivity index (χ4n) is 2.37. The first-order valence-electron chi connectivity index (χ1n) is 8.45. The average Bonchev–Trinajstić information content (AvgIpc) is 2.70. The smallest absolute Gasteiger partial charge is 0.267 e. The molecule has 0 saturated carbocycles. The highest BCUT2D eigenvalue weighted by atomic mass is 32.2. The van der Waals surface area contributed by atoms with Crippen LogP contribution in [0.1, 0.15) is 0 Å². The maximum absolute atomic E-state index is 12.3. The first kappa shape index (κ1) is 19.1. The number of aromatic hydroxyl groups is 1. The molecule has 3 aromatic rings. The topological polar surface area (TPSA) is 85.2 Å². The molecule has 0 bridgehead atoms. The number of nitrogens with zero attached hydrogens (tertiary/aromatic N) is 1. The van der Waals surface area contributed by atoms with E-state index in [1.807, 2.05) is 60.7 Å². The van der Waals surface area contributed by atoms with Gasteiger partial charge in [0.1, 0.15) is 17.4 Å². The number of nitrogens with one attached hydrogen (secondary N) is 2.